The van der Waals surface area contributed by atoms with Gasteiger partial charge in [0.2, 0.25) is 0 Å². The topological polar surface area (TPSA) is 154 Å². The first-order valence-corrected chi connectivity index (χ1v) is 11.6. The van der Waals surface area contributed by atoms with Gasteiger partial charge in [-0.25, -0.2) is 32.5 Å². The Labute approximate surface area is 223 Å². The van der Waals surface area contributed by atoms with Crippen LogP contribution in [0.5, 0.6) is 0 Å². The molecule has 40 heavy (non-hydrogen) atoms. The summed E-state index contributed by atoms with van der Waals surface area (Å²) in [6.45, 7) is -1.01. The molecular formula is C26H17F3N8O3. The van der Waals surface area contributed by atoms with E-state index >= 15 is 0 Å². The van der Waals surface area contributed by atoms with Gasteiger partial charge in [-0.15, -0.1) is 0 Å². The number of β-amino-alcohol motifs (C(OH)–C–C–N with tert-alkyl or cyclic N) is 1. The smallest absolute Gasteiger partial charge is 0.338 e. The molecule has 1 aliphatic heterocycles. The van der Waals surface area contributed by atoms with Crippen molar-refractivity contribution in [3.63, 3.8) is 0 Å². The molecule has 0 unspecified atom stereocenters. The lowest BCUT2D eigenvalue weighted by atomic mass is 9.91. The number of aliphatic hydroxyl groups is 1. The van der Waals surface area contributed by atoms with Gasteiger partial charge in [-0.05, 0) is 29.8 Å². The molecule has 5 rings (SSSR count). The van der Waals surface area contributed by atoms with Crippen molar-refractivity contribution >= 4 is 5.82 Å². The van der Waals surface area contributed by atoms with Crippen LogP contribution in [0.1, 0.15) is 23.4 Å². The monoisotopic (exact) mass is 546 g/mol. The predicted molar refractivity (Wildman–Crippen MR) is 133 cm³/mol. The van der Waals surface area contributed by atoms with Crippen LogP contribution in [-0.2, 0) is 12.1 Å². The van der Waals surface area contributed by atoms with E-state index in [9.17, 15) is 38.4 Å². The lowest BCUT2D eigenvalue weighted by molar-refractivity contribution is -0.00193. The molecule has 0 spiro atoms. The van der Waals surface area contributed by atoms with E-state index in [4.69, 9.17) is 0 Å². The summed E-state index contributed by atoms with van der Waals surface area (Å²) < 4.78 is 43.0. The molecule has 1 aromatic carbocycles. The van der Waals surface area contributed by atoms with Crippen molar-refractivity contribution in [1.29, 1.82) is 10.5 Å². The average Bonchev–Trinajstić information content (AvgIpc) is 2.94. The van der Waals surface area contributed by atoms with Gasteiger partial charge in [0.25, 0.3) is 12.0 Å². The molecule has 11 nitrogen and oxygen atoms in total. The van der Waals surface area contributed by atoms with Crippen molar-refractivity contribution in [3.8, 4) is 29.0 Å². The Balaban J connectivity index is 1.80. The minimum absolute atomic E-state index is 0.0266. The van der Waals surface area contributed by atoms with Crippen LogP contribution < -0.4 is 16.1 Å². The molecule has 14 heteroatoms. The van der Waals surface area contributed by atoms with E-state index < -0.39 is 41.2 Å². The molecule has 0 aliphatic carbocycles. The van der Waals surface area contributed by atoms with Crippen molar-refractivity contribution in [2.75, 3.05) is 18.0 Å². The molecule has 0 bridgehead atoms. The molecule has 1 N–H and O–H groups in total. The van der Waals surface area contributed by atoms with E-state index in [-0.39, 0.29) is 47.1 Å². The van der Waals surface area contributed by atoms with E-state index in [1.807, 2.05) is 12.1 Å². The van der Waals surface area contributed by atoms with Crippen LogP contribution in [0, 0.1) is 28.5 Å². The zero-order chi connectivity index (χ0) is 28.6. The van der Waals surface area contributed by atoms with Crippen LogP contribution in [0.15, 0.2) is 64.7 Å². The maximum atomic E-state index is 14.2. The summed E-state index contributed by atoms with van der Waals surface area (Å²) in [5, 5.41) is 29.9. The number of nitriles is 2. The van der Waals surface area contributed by atoms with Crippen LogP contribution in [0.2, 0.25) is 0 Å². The largest absolute Gasteiger partial charge is 0.378 e. The molecular weight excluding hydrogens is 529 g/mol. The third-order valence-electron chi connectivity index (χ3n) is 6.36. The maximum Gasteiger partial charge on any atom is 0.338 e. The molecule has 4 aromatic rings. The number of benzene rings is 1. The summed E-state index contributed by atoms with van der Waals surface area (Å²) in [4.78, 5) is 41.0. The Bertz CT molecular complexity index is 1820. The van der Waals surface area contributed by atoms with Crippen molar-refractivity contribution in [2.24, 2.45) is 0 Å². The van der Waals surface area contributed by atoms with Crippen LogP contribution in [-0.4, -0.2) is 42.3 Å². The molecule has 0 amide bonds. The van der Waals surface area contributed by atoms with E-state index in [0.29, 0.717) is 4.57 Å². The number of halogens is 3. The fourth-order valence-electron chi connectivity index (χ4n) is 4.56. The Hall–Kier alpha value is -5.34. The Morgan fingerprint density at radius 2 is 1.82 bits per heavy atom. The van der Waals surface area contributed by atoms with Gasteiger partial charge in [0.05, 0.1) is 47.7 Å². The Morgan fingerprint density at radius 1 is 1.10 bits per heavy atom. The minimum atomic E-state index is -3.21. The van der Waals surface area contributed by atoms with Crippen molar-refractivity contribution in [2.45, 2.75) is 18.6 Å². The highest BCUT2D eigenvalue weighted by molar-refractivity contribution is 5.77. The fraction of sp³-hybridized carbons (Fsp3) is 0.192. The number of pyridine rings is 1. The first-order chi connectivity index (χ1) is 19.2. The highest BCUT2D eigenvalue weighted by Gasteiger charge is 2.47. The summed E-state index contributed by atoms with van der Waals surface area (Å²) in [6, 6.07) is 9.13. The second-order valence-corrected chi connectivity index (χ2v) is 8.91. The van der Waals surface area contributed by atoms with Crippen molar-refractivity contribution < 1.29 is 18.3 Å². The number of nitrogens with zero attached hydrogens (tertiary/aromatic N) is 8. The third-order valence-corrected chi connectivity index (χ3v) is 6.36. The van der Waals surface area contributed by atoms with Crippen LogP contribution in [0.3, 0.4) is 0 Å². The van der Waals surface area contributed by atoms with E-state index in [0.717, 1.165) is 29.0 Å². The number of hydrogen-bond donors (Lipinski definition) is 1. The van der Waals surface area contributed by atoms with Gasteiger partial charge in [0, 0.05) is 18.6 Å². The van der Waals surface area contributed by atoms with Gasteiger partial charge in [-0.1, -0.05) is 6.07 Å². The summed E-state index contributed by atoms with van der Waals surface area (Å²) in [7, 11) is 0. The van der Waals surface area contributed by atoms with Gasteiger partial charge in [0.1, 0.15) is 24.2 Å². The summed E-state index contributed by atoms with van der Waals surface area (Å²) in [5.41, 5.74) is -5.08. The molecule has 1 fully saturated rings. The van der Waals surface area contributed by atoms with Gasteiger partial charge in [0.15, 0.2) is 11.4 Å². The number of hydrogen-bond acceptors (Lipinski definition) is 9. The maximum absolute atomic E-state index is 14.2. The molecule has 200 valence electrons. The lowest BCUT2D eigenvalue weighted by Gasteiger charge is -2.47. The quantitative estimate of drug-likeness (QED) is 0.383. The van der Waals surface area contributed by atoms with Crippen LogP contribution in [0.4, 0.5) is 19.0 Å². The summed E-state index contributed by atoms with van der Waals surface area (Å²) in [6.07, 6.45) is 1.99. The molecule has 0 saturated carbocycles. The summed E-state index contributed by atoms with van der Waals surface area (Å²) in [5.74, 6) is -1.27. The van der Waals surface area contributed by atoms with Crippen LogP contribution in [0.25, 0.3) is 16.8 Å². The first kappa shape index (κ1) is 26.3. The molecule has 3 aromatic heterocycles. The van der Waals surface area contributed by atoms with Crippen LogP contribution >= 0.6 is 0 Å². The number of anilines is 1. The first-order valence-electron chi connectivity index (χ1n) is 11.6. The van der Waals surface area contributed by atoms with Crippen molar-refractivity contribution in [3.05, 3.63) is 98.7 Å². The van der Waals surface area contributed by atoms with Gasteiger partial charge < -0.3 is 10.0 Å². The zero-order valence-corrected chi connectivity index (χ0v) is 20.4. The number of rotatable bonds is 6. The highest BCUT2D eigenvalue weighted by atomic mass is 19.3. The zero-order valence-electron chi connectivity index (χ0n) is 20.4. The number of aromatic nitrogens is 5. The van der Waals surface area contributed by atoms with Gasteiger partial charge in [-0.2, -0.15) is 10.5 Å². The fourth-order valence-corrected chi connectivity index (χ4v) is 4.56. The lowest BCUT2D eigenvalue weighted by Crippen LogP contribution is -2.62. The molecule has 1 saturated heterocycles. The molecule has 1 aliphatic rings. The third kappa shape index (κ3) is 4.36. The normalized spacial score (nSPS) is 13.9. The van der Waals surface area contributed by atoms with E-state index in [2.05, 4.69) is 15.0 Å². The Kier molecular flexibility index (Phi) is 6.63. The van der Waals surface area contributed by atoms with Gasteiger partial charge in [-0.3, -0.25) is 14.3 Å². The van der Waals surface area contributed by atoms with Gasteiger partial charge >= 0.3 is 5.69 Å². The highest BCUT2D eigenvalue weighted by Crippen LogP contribution is 2.38. The summed E-state index contributed by atoms with van der Waals surface area (Å²) >= 11 is 0. The molecule has 0 atom stereocenters. The molecule has 0 radical (unpaired) electrons. The predicted octanol–water partition coefficient (Wildman–Crippen LogP) is 2.03. The van der Waals surface area contributed by atoms with E-state index in [1.54, 1.807) is 6.07 Å². The SMILES string of the molecule is N#CCn1c(N2CC(O)(c3ncccn3)C2)c(-c2ccc(F)c(C(F)F)c2)c(=O)n(-c2cncc(C#N)c2)c1=O. The Morgan fingerprint density at radius 3 is 2.48 bits per heavy atom. The van der Waals surface area contributed by atoms with E-state index in [1.165, 1.54) is 29.6 Å². The standard InChI is InChI=1S/C26H17F3N8O3/c27-19-3-2-16(9-18(19)21(28)29)20-22(35-13-26(40,14-35)24-33-5-1-6-34-24)36(7-4-30)25(39)37(23(20)38)17-8-15(10-31)11-32-12-17/h1-3,5-6,8-9,11-12,21,40H,7,13-14H2. The second kappa shape index (κ2) is 10.1. The number of alkyl halides is 2. The minimum Gasteiger partial charge on any atom is -0.378 e. The van der Waals surface area contributed by atoms with Crippen molar-refractivity contribution in [1.82, 2.24) is 24.1 Å². The second-order valence-electron chi connectivity index (χ2n) is 8.91. The average molecular weight is 546 g/mol. The molecule has 4 heterocycles.